The second-order valence-electron chi connectivity index (χ2n) is 5.23. The molecule has 0 aliphatic heterocycles. The highest BCUT2D eigenvalue weighted by Gasteiger charge is 2.10. The molecule has 0 aliphatic rings. The Kier molecular flexibility index (Phi) is 5.29. The van der Waals surface area contributed by atoms with Gasteiger partial charge in [-0.1, -0.05) is 42.5 Å². The smallest absolute Gasteiger partial charge is 0.258 e. The Morgan fingerprint density at radius 1 is 0.875 bits per heavy atom. The van der Waals surface area contributed by atoms with E-state index in [4.69, 9.17) is 0 Å². The van der Waals surface area contributed by atoms with Gasteiger partial charge in [-0.15, -0.1) is 11.8 Å². The van der Waals surface area contributed by atoms with E-state index < -0.39 is 11.7 Å². The first-order valence-corrected chi connectivity index (χ1v) is 8.53. The number of carbonyl (C=O) groups excluding carboxylic acids is 1. The lowest BCUT2D eigenvalue weighted by Gasteiger charge is -2.07. The first-order valence-electron chi connectivity index (χ1n) is 7.55. The molecule has 24 heavy (non-hydrogen) atoms. The van der Waals surface area contributed by atoms with Crippen LogP contribution in [0.15, 0.2) is 83.8 Å². The van der Waals surface area contributed by atoms with E-state index in [1.807, 2.05) is 42.5 Å². The molecule has 1 N–H and O–H groups in total. The molecule has 0 unspecified atom stereocenters. The van der Waals surface area contributed by atoms with Crippen molar-refractivity contribution in [3.8, 4) is 0 Å². The number of rotatable bonds is 5. The summed E-state index contributed by atoms with van der Waals surface area (Å²) in [7, 11) is 0. The van der Waals surface area contributed by atoms with Crippen molar-refractivity contribution in [2.45, 2.75) is 10.6 Å². The number of amides is 1. The molecular weight excluding hydrogens is 321 g/mol. The third-order valence-electron chi connectivity index (χ3n) is 3.48. The summed E-state index contributed by atoms with van der Waals surface area (Å²) in [5, 5.41) is 2.71. The fraction of sp³-hybridized carbons (Fsp3) is 0.0500. The zero-order valence-corrected chi connectivity index (χ0v) is 13.7. The van der Waals surface area contributed by atoms with Gasteiger partial charge in [0.05, 0.1) is 5.56 Å². The summed E-state index contributed by atoms with van der Waals surface area (Å²) in [6.45, 7) is 0. The van der Waals surface area contributed by atoms with E-state index in [-0.39, 0.29) is 5.56 Å². The van der Waals surface area contributed by atoms with Gasteiger partial charge in [0.15, 0.2) is 0 Å². The Morgan fingerprint density at radius 3 is 2.25 bits per heavy atom. The van der Waals surface area contributed by atoms with Crippen molar-refractivity contribution in [1.82, 2.24) is 0 Å². The molecule has 0 aromatic heterocycles. The molecule has 0 radical (unpaired) electrons. The molecule has 3 aromatic carbocycles. The average molecular weight is 337 g/mol. The molecule has 0 heterocycles. The van der Waals surface area contributed by atoms with Crippen LogP contribution in [-0.2, 0) is 5.75 Å². The number of carbonyl (C=O) groups is 1. The largest absolute Gasteiger partial charge is 0.322 e. The lowest BCUT2D eigenvalue weighted by Crippen LogP contribution is -2.13. The van der Waals surface area contributed by atoms with Crippen LogP contribution in [0.25, 0.3) is 0 Å². The van der Waals surface area contributed by atoms with Crippen molar-refractivity contribution in [3.63, 3.8) is 0 Å². The highest BCUT2D eigenvalue weighted by molar-refractivity contribution is 7.98. The van der Waals surface area contributed by atoms with Crippen molar-refractivity contribution >= 4 is 23.4 Å². The van der Waals surface area contributed by atoms with E-state index in [2.05, 4.69) is 17.4 Å². The Morgan fingerprint density at radius 2 is 1.54 bits per heavy atom. The Hall–Kier alpha value is -2.59. The number of nitrogens with one attached hydrogen (secondary N) is 1. The van der Waals surface area contributed by atoms with Gasteiger partial charge in [-0.25, -0.2) is 4.39 Å². The van der Waals surface area contributed by atoms with E-state index in [1.165, 1.54) is 17.0 Å². The van der Waals surface area contributed by atoms with Crippen LogP contribution in [0, 0.1) is 5.82 Å². The van der Waals surface area contributed by atoms with Gasteiger partial charge in [0.2, 0.25) is 0 Å². The molecule has 120 valence electrons. The third-order valence-corrected chi connectivity index (χ3v) is 4.56. The molecule has 2 nitrogen and oxygen atoms in total. The summed E-state index contributed by atoms with van der Waals surface area (Å²) in [4.78, 5) is 13.3. The molecule has 0 aliphatic carbocycles. The van der Waals surface area contributed by atoms with Crippen LogP contribution in [0.1, 0.15) is 15.9 Å². The topological polar surface area (TPSA) is 29.1 Å². The molecule has 1 amide bonds. The van der Waals surface area contributed by atoms with Gasteiger partial charge in [0, 0.05) is 16.3 Å². The van der Waals surface area contributed by atoms with Gasteiger partial charge >= 0.3 is 0 Å². The fourth-order valence-corrected chi connectivity index (χ4v) is 3.09. The maximum Gasteiger partial charge on any atom is 0.258 e. The zero-order valence-electron chi connectivity index (χ0n) is 12.9. The van der Waals surface area contributed by atoms with Crippen molar-refractivity contribution in [2.75, 3.05) is 5.32 Å². The van der Waals surface area contributed by atoms with Crippen LogP contribution in [0.3, 0.4) is 0 Å². The molecule has 0 atom stereocenters. The molecule has 0 bridgehead atoms. The van der Waals surface area contributed by atoms with Crippen LogP contribution < -0.4 is 5.32 Å². The van der Waals surface area contributed by atoms with Gasteiger partial charge in [0.1, 0.15) is 5.82 Å². The quantitative estimate of drug-likeness (QED) is 0.634. The highest BCUT2D eigenvalue weighted by atomic mass is 32.2. The van der Waals surface area contributed by atoms with E-state index in [1.54, 1.807) is 23.9 Å². The van der Waals surface area contributed by atoms with Crippen LogP contribution in [-0.4, -0.2) is 5.91 Å². The number of thioether (sulfide) groups is 1. The first kappa shape index (κ1) is 16.3. The zero-order chi connectivity index (χ0) is 16.8. The second-order valence-corrected chi connectivity index (χ2v) is 6.28. The van der Waals surface area contributed by atoms with Gasteiger partial charge in [-0.05, 0) is 42.0 Å². The molecule has 0 spiro atoms. The van der Waals surface area contributed by atoms with E-state index in [0.717, 1.165) is 11.3 Å². The van der Waals surface area contributed by atoms with Crippen molar-refractivity contribution in [2.24, 2.45) is 0 Å². The summed E-state index contributed by atoms with van der Waals surface area (Å²) in [5.74, 6) is -0.114. The number of benzene rings is 3. The summed E-state index contributed by atoms with van der Waals surface area (Å²) in [6.07, 6.45) is 0. The molecule has 0 fully saturated rings. The number of anilines is 1. The third kappa shape index (κ3) is 4.24. The summed E-state index contributed by atoms with van der Waals surface area (Å²) in [6, 6.07) is 23.7. The van der Waals surface area contributed by atoms with Crippen LogP contribution in [0.2, 0.25) is 0 Å². The van der Waals surface area contributed by atoms with Gasteiger partial charge in [-0.2, -0.15) is 0 Å². The van der Waals surface area contributed by atoms with Gasteiger partial charge in [0.25, 0.3) is 5.91 Å². The maximum atomic E-state index is 13.6. The Labute approximate surface area is 144 Å². The lowest BCUT2D eigenvalue weighted by molar-refractivity contribution is 0.102. The monoisotopic (exact) mass is 337 g/mol. The second kappa shape index (κ2) is 7.79. The SMILES string of the molecule is O=C(Nc1ccc(CSc2ccccc2)cc1)c1ccccc1F. The van der Waals surface area contributed by atoms with Crippen LogP contribution in [0.5, 0.6) is 0 Å². The predicted octanol–water partition coefficient (Wildman–Crippen LogP) is 5.37. The van der Waals surface area contributed by atoms with Crippen molar-refractivity contribution in [3.05, 3.63) is 95.8 Å². The summed E-state index contributed by atoms with van der Waals surface area (Å²) < 4.78 is 13.6. The Balaban J connectivity index is 1.60. The minimum absolute atomic E-state index is 0.0428. The Bertz CT molecular complexity index is 819. The lowest BCUT2D eigenvalue weighted by atomic mass is 10.2. The standard InChI is InChI=1S/C20H16FNOS/c21-19-9-5-4-8-18(19)20(23)22-16-12-10-15(11-13-16)14-24-17-6-2-1-3-7-17/h1-13H,14H2,(H,22,23). The average Bonchev–Trinajstić information content (AvgIpc) is 2.62. The normalized spacial score (nSPS) is 10.4. The minimum atomic E-state index is -0.522. The minimum Gasteiger partial charge on any atom is -0.322 e. The summed E-state index contributed by atoms with van der Waals surface area (Å²) in [5.41, 5.74) is 1.85. The molecule has 3 aromatic rings. The maximum absolute atomic E-state index is 13.6. The predicted molar refractivity (Wildman–Crippen MR) is 96.8 cm³/mol. The molecule has 0 saturated heterocycles. The van der Waals surface area contributed by atoms with E-state index >= 15 is 0 Å². The first-order chi connectivity index (χ1) is 11.7. The van der Waals surface area contributed by atoms with Crippen LogP contribution in [0.4, 0.5) is 10.1 Å². The number of hydrogen-bond acceptors (Lipinski definition) is 2. The molecule has 4 heteroatoms. The summed E-state index contributed by atoms with van der Waals surface area (Å²) >= 11 is 1.76. The number of hydrogen-bond donors (Lipinski definition) is 1. The van der Waals surface area contributed by atoms with Gasteiger partial charge < -0.3 is 5.32 Å². The van der Waals surface area contributed by atoms with Gasteiger partial charge in [-0.3, -0.25) is 4.79 Å². The van der Waals surface area contributed by atoms with E-state index in [0.29, 0.717) is 5.69 Å². The van der Waals surface area contributed by atoms with Crippen molar-refractivity contribution < 1.29 is 9.18 Å². The molecule has 0 saturated carbocycles. The van der Waals surface area contributed by atoms with Crippen LogP contribution >= 0.6 is 11.8 Å². The number of halogens is 1. The van der Waals surface area contributed by atoms with Crippen molar-refractivity contribution in [1.29, 1.82) is 0 Å². The van der Waals surface area contributed by atoms with E-state index in [9.17, 15) is 9.18 Å². The molecule has 3 rings (SSSR count). The molecular formula is C20H16FNOS. The fourth-order valence-electron chi connectivity index (χ4n) is 2.21. The highest BCUT2D eigenvalue weighted by Crippen LogP contribution is 2.23.